The minimum Gasteiger partial charge on any atom is -0.357 e. The van der Waals surface area contributed by atoms with Crippen LogP contribution in [0.5, 0.6) is 0 Å². The molecule has 2 heterocycles. The van der Waals surface area contributed by atoms with E-state index in [4.69, 9.17) is 4.99 Å². The first-order chi connectivity index (χ1) is 10.3. The van der Waals surface area contributed by atoms with Gasteiger partial charge >= 0.3 is 0 Å². The van der Waals surface area contributed by atoms with Gasteiger partial charge in [0, 0.05) is 32.6 Å². The van der Waals surface area contributed by atoms with Gasteiger partial charge in [-0.05, 0) is 44.9 Å². The van der Waals surface area contributed by atoms with Crippen LogP contribution in [0, 0.1) is 18.8 Å². The van der Waals surface area contributed by atoms with Gasteiger partial charge in [0.05, 0.1) is 0 Å². The number of aryl methyl sites for hydroxylation is 2. The van der Waals surface area contributed by atoms with Gasteiger partial charge in [0.15, 0.2) is 5.96 Å². The van der Waals surface area contributed by atoms with Gasteiger partial charge in [-0.1, -0.05) is 0 Å². The summed E-state index contributed by atoms with van der Waals surface area (Å²) in [5.74, 6) is 4.58. The Bertz CT molecular complexity index is 508. The molecule has 1 unspecified atom stereocenters. The predicted octanol–water partition coefficient (Wildman–Crippen LogP) is 1.73. The highest BCUT2D eigenvalue weighted by atomic mass is 127. The van der Waals surface area contributed by atoms with Crippen LogP contribution in [0.3, 0.4) is 0 Å². The fourth-order valence-electron chi connectivity index (χ4n) is 2.80. The Morgan fingerprint density at radius 3 is 2.77 bits per heavy atom. The van der Waals surface area contributed by atoms with Gasteiger partial charge in [0.1, 0.15) is 11.6 Å². The van der Waals surface area contributed by atoms with Crippen LogP contribution in [-0.4, -0.2) is 40.4 Å². The van der Waals surface area contributed by atoms with Crippen LogP contribution in [0.1, 0.15) is 37.8 Å². The lowest BCUT2D eigenvalue weighted by atomic mass is 9.99. The summed E-state index contributed by atoms with van der Waals surface area (Å²) in [7, 11) is 0. The Morgan fingerprint density at radius 2 is 2.05 bits per heavy atom. The van der Waals surface area contributed by atoms with Crippen molar-refractivity contribution in [1.82, 2.24) is 25.4 Å². The topological polar surface area (TPSA) is 67.1 Å². The number of guanidine groups is 1. The van der Waals surface area contributed by atoms with Crippen LogP contribution in [-0.2, 0) is 13.0 Å². The monoisotopic (exact) mass is 418 g/mol. The van der Waals surface area contributed by atoms with Crippen molar-refractivity contribution < 1.29 is 0 Å². The molecule has 1 atom stereocenters. The molecule has 1 saturated carbocycles. The molecule has 6 nitrogen and oxygen atoms in total. The van der Waals surface area contributed by atoms with E-state index < -0.39 is 0 Å². The second kappa shape index (κ2) is 8.12. The number of nitrogens with zero attached hydrogens (tertiary/aromatic N) is 4. The predicted molar refractivity (Wildman–Crippen MR) is 98.7 cm³/mol. The molecule has 0 amide bonds. The van der Waals surface area contributed by atoms with E-state index in [1.165, 1.54) is 12.8 Å². The first-order valence-electron chi connectivity index (χ1n) is 8.17. The van der Waals surface area contributed by atoms with Crippen molar-refractivity contribution in [2.24, 2.45) is 16.8 Å². The molecule has 1 aromatic rings. The first kappa shape index (κ1) is 17.5. The number of nitrogens with one attached hydrogen (secondary N) is 2. The summed E-state index contributed by atoms with van der Waals surface area (Å²) in [6.07, 6.45) is 4.91. The largest absolute Gasteiger partial charge is 0.357 e. The lowest BCUT2D eigenvalue weighted by Gasteiger charge is -2.23. The highest BCUT2D eigenvalue weighted by Crippen LogP contribution is 2.27. The fourth-order valence-corrected chi connectivity index (χ4v) is 2.80. The molecular weight excluding hydrogens is 391 g/mol. The van der Waals surface area contributed by atoms with Crippen molar-refractivity contribution in [3.63, 3.8) is 0 Å². The van der Waals surface area contributed by atoms with Crippen molar-refractivity contribution in [3.05, 3.63) is 11.6 Å². The third-order valence-electron chi connectivity index (χ3n) is 4.34. The van der Waals surface area contributed by atoms with Gasteiger partial charge in [-0.3, -0.25) is 4.99 Å². The molecule has 1 aromatic heterocycles. The molecule has 2 N–H and O–H groups in total. The number of hydrogen-bond acceptors (Lipinski definition) is 3. The summed E-state index contributed by atoms with van der Waals surface area (Å²) < 4.78 is 2.24. The third kappa shape index (κ3) is 4.57. The number of hydrogen-bond donors (Lipinski definition) is 2. The first-order valence-corrected chi connectivity index (χ1v) is 8.17. The van der Waals surface area contributed by atoms with E-state index in [9.17, 15) is 0 Å². The van der Waals surface area contributed by atoms with Crippen LogP contribution in [0.15, 0.2) is 4.99 Å². The molecular formula is C15H27IN6. The zero-order valence-electron chi connectivity index (χ0n) is 13.5. The molecule has 0 aromatic carbocycles. The van der Waals surface area contributed by atoms with E-state index in [2.05, 4.69) is 32.3 Å². The Labute approximate surface area is 149 Å². The number of fused-ring (bicyclic) bond motifs is 1. The van der Waals surface area contributed by atoms with Crippen LogP contribution >= 0.6 is 24.0 Å². The molecule has 1 fully saturated rings. The van der Waals surface area contributed by atoms with Gasteiger partial charge < -0.3 is 15.2 Å². The molecule has 7 heteroatoms. The van der Waals surface area contributed by atoms with Gasteiger partial charge in [-0.2, -0.15) is 0 Å². The lowest BCUT2D eigenvalue weighted by Crippen LogP contribution is -2.39. The average molecular weight is 418 g/mol. The van der Waals surface area contributed by atoms with Crippen molar-refractivity contribution in [2.45, 2.75) is 46.1 Å². The van der Waals surface area contributed by atoms with Gasteiger partial charge in [0.2, 0.25) is 0 Å². The zero-order valence-corrected chi connectivity index (χ0v) is 15.8. The van der Waals surface area contributed by atoms with Gasteiger partial charge in [-0.15, -0.1) is 34.2 Å². The molecule has 3 rings (SSSR count). The maximum atomic E-state index is 4.76. The Balaban J connectivity index is 0.00000176. The molecule has 124 valence electrons. The van der Waals surface area contributed by atoms with Gasteiger partial charge in [0.25, 0.3) is 0 Å². The maximum Gasteiger partial charge on any atom is 0.191 e. The number of rotatable bonds is 5. The molecule has 0 spiro atoms. The van der Waals surface area contributed by atoms with Crippen molar-refractivity contribution in [3.8, 4) is 0 Å². The summed E-state index contributed by atoms with van der Waals surface area (Å²) in [5.41, 5.74) is 0. The summed E-state index contributed by atoms with van der Waals surface area (Å²) in [5, 5.41) is 15.2. The van der Waals surface area contributed by atoms with Crippen LogP contribution in [0.2, 0.25) is 0 Å². The number of aromatic nitrogens is 3. The molecule has 22 heavy (non-hydrogen) atoms. The summed E-state index contributed by atoms with van der Waals surface area (Å²) in [4.78, 5) is 4.76. The number of aliphatic imine (C=N–C) groups is 1. The van der Waals surface area contributed by atoms with E-state index in [1.54, 1.807) is 0 Å². The standard InChI is InChI=1S/C15H26N6.HI/c1-3-16-15(17-8-12-4-5-12)18-9-13-6-7-14-20-19-11(2)21(14)10-13;/h12-13H,3-10H2,1-2H3,(H2,16,17,18);1H. The smallest absolute Gasteiger partial charge is 0.191 e. The molecule has 0 saturated heterocycles. The van der Waals surface area contributed by atoms with Crippen molar-refractivity contribution in [2.75, 3.05) is 19.6 Å². The average Bonchev–Trinajstić information content (AvgIpc) is 3.26. The molecule has 1 aliphatic heterocycles. The lowest BCUT2D eigenvalue weighted by molar-refractivity contribution is 0.369. The Kier molecular flexibility index (Phi) is 6.46. The van der Waals surface area contributed by atoms with E-state index in [0.717, 1.165) is 62.5 Å². The zero-order chi connectivity index (χ0) is 14.7. The highest BCUT2D eigenvalue weighted by Gasteiger charge is 2.22. The second-order valence-electron chi connectivity index (χ2n) is 6.22. The van der Waals surface area contributed by atoms with Crippen LogP contribution < -0.4 is 10.6 Å². The molecule has 0 bridgehead atoms. The highest BCUT2D eigenvalue weighted by molar-refractivity contribution is 14.0. The molecule has 0 radical (unpaired) electrons. The van der Waals surface area contributed by atoms with Gasteiger partial charge in [-0.25, -0.2) is 0 Å². The quantitative estimate of drug-likeness (QED) is 0.434. The molecule has 1 aliphatic carbocycles. The van der Waals surface area contributed by atoms with Crippen molar-refractivity contribution >= 4 is 29.9 Å². The van der Waals surface area contributed by atoms with E-state index in [1.807, 2.05) is 6.92 Å². The third-order valence-corrected chi connectivity index (χ3v) is 4.34. The molecule has 2 aliphatic rings. The Morgan fingerprint density at radius 1 is 1.23 bits per heavy atom. The normalized spacial score (nSPS) is 21.0. The van der Waals surface area contributed by atoms with Crippen LogP contribution in [0.4, 0.5) is 0 Å². The maximum absolute atomic E-state index is 4.76. The van der Waals surface area contributed by atoms with E-state index in [0.29, 0.717) is 5.92 Å². The Hall–Kier alpha value is -0.860. The summed E-state index contributed by atoms with van der Waals surface area (Å²) in [6.45, 7) is 7.99. The summed E-state index contributed by atoms with van der Waals surface area (Å²) >= 11 is 0. The SMILES string of the molecule is CCNC(=NCC1CCc2nnc(C)n2C1)NCC1CC1.I. The minimum atomic E-state index is 0. The van der Waals surface area contributed by atoms with E-state index >= 15 is 0 Å². The van der Waals surface area contributed by atoms with Crippen molar-refractivity contribution in [1.29, 1.82) is 0 Å². The second-order valence-corrected chi connectivity index (χ2v) is 6.22. The van der Waals surface area contributed by atoms with E-state index in [-0.39, 0.29) is 24.0 Å². The minimum absolute atomic E-state index is 0. The number of halogens is 1. The summed E-state index contributed by atoms with van der Waals surface area (Å²) in [6, 6.07) is 0. The fraction of sp³-hybridized carbons (Fsp3) is 0.800. The van der Waals surface area contributed by atoms with Crippen LogP contribution in [0.25, 0.3) is 0 Å².